The van der Waals surface area contributed by atoms with Crippen LogP contribution in [0.2, 0.25) is 0 Å². The van der Waals surface area contributed by atoms with Crippen LogP contribution in [0.15, 0.2) is 70.5 Å². The lowest BCUT2D eigenvalue weighted by Gasteiger charge is -2.44. The Labute approximate surface area is 294 Å². The van der Waals surface area contributed by atoms with Crippen molar-refractivity contribution < 1.29 is 31.8 Å². The van der Waals surface area contributed by atoms with Crippen molar-refractivity contribution in [3.63, 3.8) is 0 Å². The van der Waals surface area contributed by atoms with Crippen molar-refractivity contribution in [2.24, 2.45) is 5.92 Å². The highest BCUT2D eigenvalue weighted by Crippen LogP contribution is 2.29. The zero-order valence-corrected chi connectivity index (χ0v) is 30.6. The maximum Gasteiger partial charge on any atom is 0.243 e. The Morgan fingerprint density at radius 3 is 1.57 bits per heavy atom. The second-order valence-electron chi connectivity index (χ2n) is 13.6. The molecule has 0 amide bonds. The summed E-state index contributed by atoms with van der Waals surface area (Å²) in [7, 11) is -6.77. The Balaban J connectivity index is 0.000000185. The number of likely N-dealkylation sites (tertiary alicyclic amines) is 1. The molecule has 1 saturated carbocycles. The van der Waals surface area contributed by atoms with Crippen LogP contribution in [0, 0.1) is 5.92 Å². The van der Waals surface area contributed by atoms with Gasteiger partial charge in [0.05, 0.1) is 9.79 Å². The first-order valence-corrected chi connectivity index (χ1v) is 21.1. The number of carbonyl (C=O) groups is 1. The van der Waals surface area contributed by atoms with E-state index >= 15 is 0 Å². The quantitative estimate of drug-likeness (QED) is 0.367. The molecule has 3 heterocycles. The average Bonchev–Trinajstić information content (AvgIpc) is 3.14. The molecule has 2 N–H and O–H groups in total. The minimum absolute atomic E-state index is 0.138. The second-order valence-corrected chi connectivity index (χ2v) is 17.5. The van der Waals surface area contributed by atoms with Crippen LogP contribution in [0.5, 0.6) is 0 Å². The van der Waals surface area contributed by atoms with Gasteiger partial charge >= 0.3 is 0 Å². The van der Waals surface area contributed by atoms with Gasteiger partial charge in [-0.2, -0.15) is 8.61 Å². The van der Waals surface area contributed by atoms with E-state index in [2.05, 4.69) is 4.90 Å². The zero-order chi connectivity index (χ0) is 35.1. The van der Waals surface area contributed by atoms with Crippen molar-refractivity contribution in [1.29, 1.82) is 0 Å². The fourth-order valence-corrected chi connectivity index (χ4v) is 10.4. The number of rotatable bonds is 9. The Bertz CT molecular complexity index is 1450. The molecule has 3 aliphatic heterocycles. The fourth-order valence-electron chi connectivity index (χ4n) is 7.49. The molecule has 0 radical (unpaired) electrons. The Morgan fingerprint density at radius 2 is 1.06 bits per heavy atom. The molecule has 2 aromatic rings. The van der Waals surface area contributed by atoms with E-state index in [1.54, 1.807) is 58.9 Å². The molecule has 49 heavy (non-hydrogen) atoms. The normalized spacial score (nSPS) is 22.4. The molecule has 0 spiro atoms. The number of piperidine rings is 3. The summed E-state index contributed by atoms with van der Waals surface area (Å²) in [5.74, 6) is 0.989. The Kier molecular flexibility index (Phi) is 16.2. The number of Topliss-reactive ketones (excluding diaryl/α,β-unsaturated/α-hetero) is 1. The molecular formula is C37H57N3O7S2. The summed E-state index contributed by atoms with van der Waals surface area (Å²) in [6, 6.07) is 17.9. The molecule has 1 aliphatic carbocycles. The minimum Gasteiger partial charge on any atom is -0.396 e. The van der Waals surface area contributed by atoms with E-state index in [1.807, 2.05) is 6.07 Å². The van der Waals surface area contributed by atoms with Crippen molar-refractivity contribution >= 4 is 25.8 Å². The smallest absolute Gasteiger partial charge is 0.243 e. The first-order chi connectivity index (χ1) is 23.7. The zero-order valence-electron chi connectivity index (χ0n) is 28.9. The topological polar surface area (TPSA) is 136 Å². The van der Waals surface area contributed by atoms with Gasteiger partial charge in [0.1, 0.15) is 5.78 Å². The molecule has 1 unspecified atom stereocenters. The van der Waals surface area contributed by atoms with Crippen molar-refractivity contribution in [3.8, 4) is 0 Å². The molecule has 0 aromatic heterocycles. The summed E-state index contributed by atoms with van der Waals surface area (Å²) in [4.78, 5) is 14.3. The highest BCUT2D eigenvalue weighted by atomic mass is 32.2. The van der Waals surface area contributed by atoms with Crippen LogP contribution < -0.4 is 0 Å². The lowest BCUT2D eigenvalue weighted by Crippen LogP contribution is -2.52. The summed E-state index contributed by atoms with van der Waals surface area (Å²) in [5, 5.41) is 17.9. The standard InChI is InChI=1S/C18H28N2O3S.C11H13NO3S.C8H16O/c21-15-11-16-6-4-5-12-20(16)17-9-13-19(14-10-17)24(22,23)18-7-2-1-3-8-18;13-10-6-8-12(9-7-10)16(14,15)11-4-2-1-3-5-11;9-7-6-8-4-2-1-3-5-8/h1-3,7-8,16-17,21H,4-6,9-15H2;1-5H,6-9H2;8-9H,1-7H2. The lowest BCUT2D eigenvalue weighted by molar-refractivity contribution is -0.120. The summed E-state index contributed by atoms with van der Waals surface area (Å²) in [6.45, 7) is 3.49. The molecule has 3 saturated heterocycles. The number of hydrogen-bond acceptors (Lipinski definition) is 8. The van der Waals surface area contributed by atoms with Crippen LogP contribution in [0.25, 0.3) is 0 Å². The third kappa shape index (κ3) is 11.7. The number of hydrogen-bond donors (Lipinski definition) is 2. The van der Waals surface area contributed by atoms with Crippen molar-refractivity contribution in [2.45, 2.75) is 112 Å². The lowest BCUT2D eigenvalue weighted by atomic mass is 9.87. The number of aliphatic hydroxyl groups is 2. The van der Waals surface area contributed by atoms with Gasteiger partial charge < -0.3 is 10.2 Å². The molecule has 10 nitrogen and oxygen atoms in total. The van der Waals surface area contributed by atoms with Crippen LogP contribution in [0.3, 0.4) is 0 Å². The predicted octanol–water partition coefficient (Wildman–Crippen LogP) is 5.07. The van der Waals surface area contributed by atoms with E-state index < -0.39 is 20.0 Å². The number of benzene rings is 2. The van der Waals surface area contributed by atoms with Gasteiger partial charge in [0.2, 0.25) is 20.0 Å². The van der Waals surface area contributed by atoms with E-state index in [-0.39, 0.29) is 12.4 Å². The van der Waals surface area contributed by atoms with Crippen LogP contribution in [0.1, 0.15) is 89.9 Å². The van der Waals surface area contributed by atoms with E-state index in [9.17, 15) is 26.7 Å². The van der Waals surface area contributed by atoms with Gasteiger partial charge in [-0.05, 0) is 75.3 Å². The molecule has 0 bridgehead atoms. The van der Waals surface area contributed by atoms with Crippen molar-refractivity contribution in [2.75, 3.05) is 45.9 Å². The third-order valence-corrected chi connectivity index (χ3v) is 14.2. The third-order valence-electron chi connectivity index (χ3n) is 10.3. The molecule has 4 fully saturated rings. The first-order valence-electron chi connectivity index (χ1n) is 18.3. The number of carbonyl (C=O) groups excluding carboxylic acids is 1. The van der Waals surface area contributed by atoms with Gasteiger partial charge in [0.25, 0.3) is 0 Å². The molecule has 12 heteroatoms. The summed E-state index contributed by atoms with van der Waals surface area (Å²) >= 11 is 0. The fraction of sp³-hybridized carbons (Fsp3) is 0.649. The second kappa shape index (κ2) is 20.0. The maximum atomic E-state index is 12.7. The largest absolute Gasteiger partial charge is 0.396 e. The predicted molar refractivity (Wildman–Crippen MR) is 192 cm³/mol. The summed E-state index contributed by atoms with van der Waals surface area (Å²) < 4.78 is 52.7. The molecule has 2 aromatic carbocycles. The Hall–Kier alpha value is -2.19. The van der Waals surface area contributed by atoms with Crippen molar-refractivity contribution in [1.82, 2.24) is 13.5 Å². The summed E-state index contributed by atoms with van der Waals surface area (Å²) in [5.41, 5.74) is 0. The van der Waals surface area contributed by atoms with Gasteiger partial charge in [0.15, 0.2) is 0 Å². The van der Waals surface area contributed by atoms with E-state index in [0.717, 1.165) is 44.6 Å². The average molecular weight is 720 g/mol. The van der Waals surface area contributed by atoms with Crippen molar-refractivity contribution in [3.05, 3.63) is 60.7 Å². The molecule has 4 aliphatic rings. The maximum absolute atomic E-state index is 12.7. The highest BCUT2D eigenvalue weighted by molar-refractivity contribution is 7.89. The van der Waals surface area contributed by atoms with Crippen LogP contribution >= 0.6 is 0 Å². The molecule has 1 atom stereocenters. The number of ketones is 1. The summed E-state index contributed by atoms with van der Waals surface area (Å²) in [6.07, 6.45) is 14.8. The van der Waals surface area contributed by atoms with Gasteiger partial charge in [-0.15, -0.1) is 0 Å². The van der Waals surface area contributed by atoms with Gasteiger partial charge in [-0.1, -0.05) is 74.9 Å². The minimum atomic E-state index is -3.40. The molecular weight excluding hydrogens is 663 g/mol. The number of aliphatic hydroxyl groups excluding tert-OH is 2. The number of nitrogens with zero attached hydrogens (tertiary/aromatic N) is 3. The van der Waals surface area contributed by atoms with Gasteiger partial charge in [-0.3, -0.25) is 9.69 Å². The number of sulfonamides is 2. The van der Waals surface area contributed by atoms with Crippen LogP contribution in [-0.2, 0) is 24.8 Å². The highest BCUT2D eigenvalue weighted by Gasteiger charge is 2.35. The molecule has 6 rings (SSSR count). The molecule has 274 valence electrons. The van der Waals surface area contributed by atoms with E-state index in [0.29, 0.717) is 67.5 Å². The van der Waals surface area contributed by atoms with Gasteiger partial charge in [0, 0.05) is 64.3 Å². The SMILES string of the molecule is O=C1CCN(S(=O)(=O)c2ccccc2)CC1.O=S(=O)(c1ccccc1)N1CCC(N2CCCCC2CCO)CC1.OCCC1CCCCC1. The Morgan fingerprint density at radius 1 is 0.571 bits per heavy atom. The monoisotopic (exact) mass is 719 g/mol. The van der Waals surface area contributed by atoms with Gasteiger partial charge in [-0.25, -0.2) is 16.8 Å². The first kappa shape index (κ1) is 39.6. The van der Waals surface area contributed by atoms with E-state index in [1.165, 1.54) is 49.3 Å². The van der Waals surface area contributed by atoms with E-state index in [4.69, 9.17) is 5.11 Å². The van der Waals surface area contributed by atoms with Crippen LogP contribution in [-0.4, -0.2) is 104 Å². The van der Waals surface area contributed by atoms with Crippen LogP contribution in [0.4, 0.5) is 0 Å².